The molecule has 1 saturated heterocycles. The van der Waals surface area contributed by atoms with Crippen LogP contribution < -0.4 is 15.4 Å². The van der Waals surface area contributed by atoms with Crippen LogP contribution in [-0.2, 0) is 4.79 Å². The van der Waals surface area contributed by atoms with Crippen molar-refractivity contribution in [2.45, 2.75) is 31.9 Å². The van der Waals surface area contributed by atoms with E-state index in [1.807, 2.05) is 24.3 Å². The molecule has 2 N–H and O–H groups in total. The molecule has 0 radical (unpaired) electrons. The van der Waals surface area contributed by atoms with Crippen molar-refractivity contribution >= 4 is 34.2 Å². The van der Waals surface area contributed by atoms with Crippen molar-refractivity contribution in [3.63, 3.8) is 0 Å². The molecule has 0 bridgehead atoms. The smallest absolute Gasteiger partial charge is 0.260 e. The summed E-state index contributed by atoms with van der Waals surface area (Å²) < 4.78 is 6.58. The highest BCUT2D eigenvalue weighted by molar-refractivity contribution is 9.10. The second kappa shape index (κ2) is 8.49. The van der Waals surface area contributed by atoms with Crippen LogP contribution in [0.25, 0.3) is 0 Å². The molecule has 1 fully saturated rings. The summed E-state index contributed by atoms with van der Waals surface area (Å²) in [7, 11) is 0. The molecule has 4 nitrogen and oxygen atoms in total. The molecular formula is C14H20BrClN2O2. The van der Waals surface area contributed by atoms with Crippen LogP contribution in [0, 0.1) is 0 Å². The molecule has 1 aromatic rings. The second-order valence-electron chi connectivity index (χ2n) is 4.75. The van der Waals surface area contributed by atoms with Crippen molar-refractivity contribution in [1.82, 2.24) is 10.6 Å². The molecule has 0 saturated carbocycles. The van der Waals surface area contributed by atoms with Gasteiger partial charge in [-0.25, -0.2) is 0 Å². The van der Waals surface area contributed by atoms with Gasteiger partial charge in [0.2, 0.25) is 0 Å². The first-order valence-electron chi connectivity index (χ1n) is 6.58. The maximum absolute atomic E-state index is 12.0. The number of carbonyl (C=O) groups is 1. The third-order valence-corrected chi connectivity index (χ3v) is 3.66. The number of benzene rings is 1. The fraction of sp³-hybridized carbons (Fsp3) is 0.500. The molecule has 1 unspecified atom stereocenters. The maximum atomic E-state index is 12.0. The number of amides is 1. The minimum atomic E-state index is -0.482. The minimum absolute atomic E-state index is 0. The molecule has 1 atom stereocenters. The average Bonchev–Trinajstić information content (AvgIpc) is 2.40. The Morgan fingerprint density at radius 1 is 1.45 bits per heavy atom. The Kier molecular flexibility index (Phi) is 7.34. The summed E-state index contributed by atoms with van der Waals surface area (Å²) >= 11 is 3.38. The molecule has 0 aliphatic carbocycles. The lowest BCUT2D eigenvalue weighted by Gasteiger charge is -2.25. The van der Waals surface area contributed by atoms with Gasteiger partial charge in [0.05, 0.1) is 0 Å². The van der Waals surface area contributed by atoms with Crippen molar-refractivity contribution < 1.29 is 9.53 Å². The van der Waals surface area contributed by atoms with Crippen molar-refractivity contribution in [1.29, 1.82) is 0 Å². The summed E-state index contributed by atoms with van der Waals surface area (Å²) in [6.45, 7) is 3.70. The summed E-state index contributed by atoms with van der Waals surface area (Å²) in [5.74, 6) is 0.647. The molecule has 20 heavy (non-hydrogen) atoms. The summed E-state index contributed by atoms with van der Waals surface area (Å²) in [4.78, 5) is 12.0. The van der Waals surface area contributed by atoms with Crippen LogP contribution >= 0.6 is 28.3 Å². The highest BCUT2D eigenvalue weighted by Crippen LogP contribution is 2.19. The summed E-state index contributed by atoms with van der Waals surface area (Å²) in [5, 5.41) is 6.31. The van der Waals surface area contributed by atoms with Crippen LogP contribution in [0.1, 0.15) is 19.8 Å². The Balaban J connectivity index is 0.00000200. The van der Waals surface area contributed by atoms with Gasteiger partial charge in [0.1, 0.15) is 5.75 Å². The topological polar surface area (TPSA) is 50.4 Å². The Labute approximate surface area is 134 Å². The highest BCUT2D eigenvalue weighted by Gasteiger charge is 2.20. The molecule has 112 valence electrons. The minimum Gasteiger partial charge on any atom is -0.481 e. The molecule has 6 heteroatoms. The molecular weight excluding hydrogens is 344 g/mol. The van der Waals surface area contributed by atoms with E-state index in [4.69, 9.17) is 4.74 Å². The van der Waals surface area contributed by atoms with Crippen LogP contribution in [0.2, 0.25) is 0 Å². The third-order valence-electron chi connectivity index (χ3n) is 3.16. The van der Waals surface area contributed by atoms with Gasteiger partial charge in [-0.2, -0.15) is 0 Å². The molecule has 1 amide bonds. The fourth-order valence-electron chi connectivity index (χ4n) is 2.08. The van der Waals surface area contributed by atoms with E-state index in [-0.39, 0.29) is 24.4 Å². The number of carbonyl (C=O) groups excluding carboxylic acids is 1. The highest BCUT2D eigenvalue weighted by atomic mass is 79.9. The van der Waals surface area contributed by atoms with E-state index in [1.54, 1.807) is 6.92 Å². The molecule has 0 spiro atoms. The maximum Gasteiger partial charge on any atom is 0.260 e. The van der Waals surface area contributed by atoms with Crippen molar-refractivity contribution in [2.75, 3.05) is 13.1 Å². The number of hydrogen-bond donors (Lipinski definition) is 2. The normalized spacial score (nSPS) is 16.9. The zero-order valence-corrected chi connectivity index (χ0v) is 13.8. The molecule has 1 aromatic carbocycles. The van der Waals surface area contributed by atoms with Gasteiger partial charge in [-0.3, -0.25) is 4.79 Å². The van der Waals surface area contributed by atoms with Crippen molar-refractivity contribution in [3.05, 3.63) is 28.7 Å². The molecule has 1 heterocycles. The van der Waals surface area contributed by atoms with Crippen molar-refractivity contribution in [2.24, 2.45) is 0 Å². The van der Waals surface area contributed by atoms with E-state index in [0.717, 1.165) is 30.4 Å². The first-order chi connectivity index (χ1) is 9.15. The van der Waals surface area contributed by atoms with E-state index in [9.17, 15) is 4.79 Å². The predicted molar refractivity (Wildman–Crippen MR) is 85.5 cm³/mol. The SMILES string of the molecule is CC(Oc1cccc(Br)c1)C(=O)NC1CCNCC1.Cl. The fourth-order valence-corrected chi connectivity index (χ4v) is 2.46. The summed E-state index contributed by atoms with van der Waals surface area (Å²) in [6.07, 6.45) is 1.48. The Morgan fingerprint density at radius 2 is 2.15 bits per heavy atom. The average molecular weight is 364 g/mol. The van der Waals surface area contributed by atoms with Gasteiger partial charge in [0.25, 0.3) is 5.91 Å². The second-order valence-corrected chi connectivity index (χ2v) is 5.67. The number of rotatable bonds is 4. The number of halogens is 2. The van der Waals surface area contributed by atoms with E-state index in [2.05, 4.69) is 26.6 Å². The third kappa shape index (κ3) is 5.31. The Morgan fingerprint density at radius 3 is 2.80 bits per heavy atom. The van der Waals surface area contributed by atoms with E-state index >= 15 is 0 Å². The van der Waals surface area contributed by atoms with Crippen LogP contribution in [0.3, 0.4) is 0 Å². The predicted octanol–water partition coefficient (Wildman–Crippen LogP) is 2.51. The van der Waals surface area contributed by atoms with E-state index < -0.39 is 6.10 Å². The van der Waals surface area contributed by atoms with Crippen LogP contribution in [-0.4, -0.2) is 31.1 Å². The molecule has 1 aliphatic heterocycles. The monoisotopic (exact) mass is 362 g/mol. The van der Waals surface area contributed by atoms with Crippen molar-refractivity contribution in [3.8, 4) is 5.75 Å². The lowest BCUT2D eigenvalue weighted by molar-refractivity contribution is -0.128. The zero-order valence-electron chi connectivity index (χ0n) is 11.4. The van der Waals surface area contributed by atoms with Gasteiger partial charge >= 0.3 is 0 Å². The van der Waals surface area contributed by atoms with Crippen LogP contribution in [0.5, 0.6) is 5.75 Å². The first kappa shape index (κ1) is 17.3. The number of piperidine rings is 1. The lowest BCUT2D eigenvalue weighted by Crippen LogP contribution is -2.46. The van der Waals surface area contributed by atoms with Gasteiger partial charge in [-0.1, -0.05) is 22.0 Å². The quantitative estimate of drug-likeness (QED) is 0.864. The van der Waals surface area contributed by atoms with Gasteiger partial charge in [-0.15, -0.1) is 12.4 Å². The van der Waals surface area contributed by atoms with Gasteiger partial charge < -0.3 is 15.4 Å². The van der Waals surface area contributed by atoms with Gasteiger partial charge in [0, 0.05) is 10.5 Å². The summed E-state index contributed by atoms with van der Waals surface area (Å²) in [6, 6.07) is 7.78. The van der Waals surface area contributed by atoms with Gasteiger partial charge in [-0.05, 0) is 51.1 Å². The number of nitrogens with one attached hydrogen (secondary N) is 2. The van der Waals surface area contributed by atoms with E-state index in [0.29, 0.717) is 5.75 Å². The first-order valence-corrected chi connectivity index (χ1v) is 7.38. The van der Waals surface area contributed by atoms with E-state index in [1.165, 1.54) is 0 Å². The van der Waals surface area contributed by atoms with Gasteiger partial charge in [0.15, 0.2) is 6.10 Å². The Hall–Kier alpha value is -0.780. The number of hydrogen-bond acceptors (Lipinski definition) is 3. The number of ether oxygens (including phenoxy) is 1. The molecule has 2 rings (SSSR count). The standard InChI is InChI=1S/C14H19BrN2O2.ClH/c1-10(19-13-4-2-3-11(15)9-13)14(18)17-12-5-7-16-8-6-12;/h2-4,9-10,12,16H,5-8H2,1H3,(H,17,18);1H. The Bertz CT molecular complexity index is 439. The summed E-state index contributed by atoms with van der Waals surface area (Å²) in [5.41, 5.74) is 0. The largest absolute Gasteiger partial charge is 0.481 e. The molecule has 0 aromatic heterocycles. The zero-order chi connectivity index (χ0) is 13.7. The molecule has 1 aliphatic rings. The van der Waals surface area contributed by atoms with Crippen LogP contribution in [0.4, 0.5) is 0 Å². The van der Waals surface area contributed by atoms with Crippen LogP contribution in [0.15, 0.2) is 28.7 Å². The lowest BCUT2D eigenvalue weighted by atomic mass is 10.1.